The van der Waals surface area contributed by atoms with Crippen LogP contribution in [0, 0.1) is 0 Å². The summed E-state index contributed by atoms with van der Waals surface area (Å²) < 4.78 is 15.7. The first-order valence-corrected chi connectivity index (χ1v) is 7.02. The second-order valence-electron chi connectivity index (χ2n) is 4.63. The van der Waals surface area contributed by atoms with Crippen molar-refractivity contribution in [3.63, 3.8) is 0 Å². The number of hydrogen-bond acceptors (Lipinski definition) is 4. The molecular weight excluding hydrogens is 294 g/mol. The Labute approximate surface area is 135 Å². The molecule has 5 heteroatoms. The SMILES string of the molecule is COc1ccc(NC(=O)C=Cc2c(OC)cccc2OC)cc1. The second kappa shape index (κ2) is 7.89. The molecule has 0 fully saturated rings. The second-order valence-corrected chi connectivity index (χ2v) is 4.63. The van der Waals surface area contributed by atoms with E-state index in [1.807, 2.05) is 18.2 Å². The zero-order chi connectivity index (χ0) is 16.7. The predicted octanol–water partition coefficient (Wildman–Crippen LogP) is 3.36. The molecule has 0 saturated carbocycles. The molecule has 0 aromatic heterocycles. The number of ether oxygens (including phenoxy) is 3. The van der Waals surface area contributed by atoms with Crippen LogP contribution in [0.2, 0.25) is 0 Å². The molecular formula is C18H19NO4. The molecule has 2 rings (SSSR count). The van der Waals surface area contributed by atoms with Crippen molar-refractivity contribution in [1.29, 1.82) is 0 Å². The summed E-state index contributed by atoms with van der Waals surface area (Å²) in [6, 6.07) is 12.5. The van der Waals surface area contributed by atoms with Crippen LogP contribution in [0.1, 0.15) is 5.56 Å². The molecule has 0 spiro atoms. The van der Waals surface area contributed by atoms with Crippen LogP contribution in [-0.4, -0.2) is 27.2 Å². The lowest BCUT2D eigenvalue weighted by Gasteiger charge is -2.09. The molecule has 5 nitrogen and oxygen atoms in total. The molecule has 2 aromatic rings. The number of methoxy groups -OCH3 is 3. The molecule has 23 heavy (non-hydrogen) atoms. The van der Waals surface area contributed by atoms with Gasteiger partial charge in [-0.1, -0.05) is 6.07 Å². The molecule has 0 radical (unpaired) electrons. The lowest BCUT2D eigenvalue weighted by Crippen LogP contribution is -2.07. The van der Waals surface area contributed by atoms with Crippen molar-refractivity contribution in [3.8, 4) is 17.2 Å². The molecule has 0 atom stereocenters. The molecule has 120 valence electrons. The first-order valence-electron chi connectivity index (χ1n) is 7.02. The van der Waals surface area contributed by atoms with Gasteiger partial charge in [-0.2, -0.15) is 0 Å². The minimum absolute atomic E-state index is 0.247. The van der Waals surface area contributed by atoms with E-state index >= 15 is 0 Å². The lowest BCUT2D eigenvalue weighted by atomic mass is 10.1. The summed E-state index contributed by atoms with van der Waals surface area (Å²) in [5, 5.41) is 2.78. The van der Waals surface area contributed by atoms with Crippen molar-refractivity contribution < 1.29 is 19.0 Å². The van der Waals surface area contributed by atoms with E-state index in [1.54, 1.807) is 51.7 Å². The first-order chi connectivity index (χ1) is 11.2. The fourth-order valence-electron chi connectivity index (χ4n) is 2.06. The van der Waals surface area contributed by atoms with Gasteiger partial charge in [0.25, 0.3) is 0 Å². The fourth-order valence-corrected chi connectivity index (χ4v) is 2.06. The summed E-state index contributed by atoms with van der Waals surface area (Å²) in [6.07, 6.45) is 3.10. The average molecular weight is 313 g/mol. The van der Waals surface area contributed by atoms with Gasteiger partial charge in [-0.3, -0.25) is 4.79 Å². The van der Waals surface area contributed by atoms with Gasteiger partial charge in [0.05, 0.1) is 26.9 Å². The minimum atomic E-state index is -0.247. The van der Waals surface area contributed by atoms with Crippen molar-refractivity contribution >= 4 is 17.7 Å². The van der Waals surface area contributed by atoms with Crippen LogP contribution in [0.3, 0.4) is 0 Å². The first kappa shape index (κ1) is 16.4. The van der Waals surface area contributed by atoms with E-state index in [2.05, 4.69) is 5.32 Å². The van der Waals surface area contributed by atoms with Gasteiger partial charge in [-0.05, 0) is 42.5 Å². The smallest absolute Gasteiger partial charge is 0.248 e. The normalized spacial score (nSPS) is 10.4. The molecule has 0 aliphatic heterocycles. The number of amides is 1. The van der Waals surface area contributed by atoms with Gasteiger partial charge >= 0.3 is 0 Å². The van der Waals surface area contributed by atoms with Gasteiger partial charge in [-0.25, -0.2) is 0 Å². The third-order valence-electron chi connectivity index (χ3n) is 3.22. The topological polar surface area (TPSA) is 56.8 Å². The van der Waals surface area contributed by atoms with Gasteiger partial charge < -0.3 is 19.5 Å². The fraction of sp³-hybridized carbons (Fsp3) is 0.167. The summed E-state index contributed by atoms with van der Waals surface area (Å²) >= 11 is 0. The number of carbonyl (C=O) groups excluding carboxylic acids is 1. The Morgan fingerprint density at radius 2 is 1.52 bits per heavy atom. The molecule has 1 N–H and O–H groups in total. The third kappa shape index (κ3) is 4.26. The maximum atomic E-state index is 12.0. The lowest BCUT2D eigenvalue weighted by molar-refractivity contribution is -0.111. The van der Waals surface area contributed by atoms with Crippen LogP contribution in [0.5, 0.6) is 17.2 Å². The highest BCUT2D eigenvalue weighted by Gasteiger charge is 2.07. The highest BCUT2D eigenvalue weighted by atomic mass is 16.5. The van der Waals surface area contributed by atoms with Gasteiger partial charge in [0.15, 0.2) is 0 Å². The molecule has 0 aliphatic rings. The Balaban J connectivity index is 2.11. The summed E-state index contributed by atoms with van der Waals surface area (Å²) in [7, 11) is 4.74. The highest BCUT2D eigenvalue weighted by molar-refractivity contribution is 6.02. The van der Waals surface area contributed by atoms with Crippen LogP contribution >= 0.6 is 0 Å². The molecule has 0 aliphatic carbocycles. The Bertz CT molecular complexity index is 670. The number of rotatable bonds is 6. The van der Waals surface area contributed by atoms with Gasteiger partial charge in [-0.15, -0.1) is 0 Å². The van der Waals surface area contributed by atoms with E-state index < -0.39 is 0 Å². The minimum Gasteiger partial charge on any atom is -0.497 e. The Hall–Kier alpha value is -2.95. The molecule has 2 aromatic carbocycles. The summed E-state index contributed by atoms with van der Waals surface area (Å²) in [5.41, 5.74) is 1.40. The maximum absolute atomic E-state index is 12.0. The van der Waals surface area contributed by atoms with Crippen LogP contribution < -0.4 is 19.5 Å². The summed E-state index contributed by atoms with van der Waals surface area (Å²) in [4.78, 5) is 12.0. The quantitative estimate of drug-likeness (QED) is 0.831. The number of hydrogen-bond donors (Lipinski definition) is 1. The average Bonchev–Trinajstić information content (AvgIpc) is 2.60. The molecule has 0 unspecified atom stereocenters. The van der Waals surface area contributed by atoms with Crippen molar-refractivity contribution in [3.05, 3.63) is 54.1 Å². The van der Waals surface area contributed by atoms with E-state index in [4.69, 9.17) is 14.2 Å². The zero-order valence-electron chi connectivity index (χ0n) is 13.3. The van der Waals surface area contributed by atoms with E-state index in [0.29, 0.717) is 22.7 Å². The van der Waals surface area contributed by atoms with E-state index in [9.17, 15) is 4.79 Å². The highest BCUT2D eigenvalue weighted by Crippen LogP contribution is 2.29. The van der Waals surface area contributed by atoms with Crippen LogP contribution in [0.25, 0.3) is 6.08 Å². The van der Waals surface area contributed by atoms with Gasteiger partial charge in [0.1, 0.15) is 17.2 Å². The summed E-state index contributed by atoms with van der Waals surface area (Å²) in [6.45, 7) is 0. The number of carbonyl (C=O) groups is 1. The van der Waals surface area contributed by atoms with Crippen molar-refractivity contribution in [1.82, 2.24) is 0 Å². The number of benzene rings is 2. The van der Waals surface area contributed by atoms with E-state index in [0.717, 1.165) is 5.75 Å². The predicted molar refractivity (Wildman–Crippen MR) is 90.2 cm³/mol. The van der Waals surface area contributed by atoms with E-state index in [1.165, 1.54) is 6.08 Å². The van der Waals surface area contributed by atoms with Crippen molar-refractivity contribution in [2.24, 2.45) is 0 Å². The molecule has 0 heterocycles. The Morgan fingerprint density at radius 3 is 2.04 bits per heavy atom. The molecule has 1 amide bonds. The zero-order valence-corrected chi connectivity index (χ0v) is 13.3. The Morgan fingerprint density at radius 1 is 0.913 bits per heavy atom. The van der Waals surface area contributed by atoms with Crippen LogP contribution in [0.15, 0.2) is 48.5 Å². The van der Waals surface area contributed by atoms with Crippen molar-refractivity contribution in [2.45, 2.75) is 0 Å². The standard InChI is InChI=1S/C18H19NO4/c1-21-14-9-7-13(8-10-14)19-18(20)12-11-15-16(22-2)5-4-6-17(15)23-3/h4-12H,1-3H3,(H,19,20). The molecule has 0 bridgehead atoms. The van der Waals surface area contributed by atoms with Crippen LogP contribution in [0.4, 0.5) is 5.69 Å². The monoisotopic (exact) mass is 313 g/mol. The largest absolute Gasteiger partial charge is 0.497 e. The van der Waals surface area contributed by atoms with E-state index in [-0.39, 0.29) is 5.91 Å². The number of anilines is 1. The Kier molecular flexibility index (Phi) is 5.63. The third-order valence-corrected chi connectivity index (χ3v) is 3.22. The van der Waals surface area contributed by atoms with Crippen LogP contribution in [-0.2, 0) is 4.79 Å². The van der Waals surface area contributed by atoms with Gasteiger partial charge in [0.2, 0.25) is 5.91 Å². The van der Waals surface area contributed by atoms with Gasteiger partial charge in [0, 0.05) is 11.8 Å². The van der Waals surface area contributed by atoms with Crippen molar-refractivity contribution in [2.75, 3.05) is 26.6 Å². The molecule has 0 saturated heterocycles. The number of nitrogens with one attached hydrogen (secondary N) is 1. The summed E-state index contributed by atoms with van der Waals surface area (Å²) in [5.74, 6) is 1.76. The maximum Gasteiger partial charge on any atom is 0.248 e.